The lowest BCUT2D eigenvalue weighted by molar-refractivity contribution is 0.150. The number of allylic oxidation sites excluding steroid dienone is 1. The molecule has 2 aromatic rings. The molecule has 8 heteroatoms. The molecule has 1 saturated heterocycles. The van der Waals surface area contributed by atoms with Gasteiger partial charge in [-0.2, -0.15) is 5.10 Å². The predicted molar refractivity (Wildman–Crippen MR) is 121 cm³/mol. The second kappa shape index (κ2) is 8.55. The number of hydrogen-bond donors (Lipinski definition) is 2. The standard InChI is InChI=1S/C23H27FN6O/c1-3-21(30-11-8-16(24)14-30)27-17(13-23(31)9-10-23)12-20(29-25)22-15(2)26-18-6-4-5-7-19(18)28-22/h3-7,12,16,31H,1,8-11,13-14,25H2,2H3/b17-12-,27-21+,29-20+/t16-/m1/s1. The summed E-state index contributed by atoms with van der Waals surface area (Å²) in [6.07, 6.45) is 4.71. The Balaban J connectivity index is 1.73. The van der Waals surface area contributed by atoms with Gasteiger partial charge in [0.05, 0.1) is 28.9 Å². The maximum atomic E-state index is 13.7. The van der Waals surface area contributed by atoms with Crippen molar-refractivity contribution in [3.05, 3.63) is 60.1 Å². The Bertz CT molecular complexity index is 1090. The summed E-state index contributed by atoms with van der Waals surface area (Å²) >= 11 is 0. The van der Waals surface area contributed by atoms with Crippen LogP contribution in [0.5, 0.6) is 0 Å². The van der Waals surface area contributed by atoms with Gasteiger partial charge in [0.25, 0.3) is 0 Å². The van der Waals surface area contributed by atoms with Crippen molar-refractivity contribution in [1.82, 2.24) is 14.9 Å². The van der Waals surface area contributed by atoms with Crippen LogP contribution in [0.15, 0.2) is 58.8 Å². The minimum Gasteiger partial charge on any atom is -0.389 e. The zero-order valence-corrected chi connectivity index (χ0v) is 17.6. The fourth-order valence-electron chi connectivity index (χ4n) is 3.75. The van der Waals surface area contributed by atoms with Crippen molar-refractivity contribution in [2.24, 2.45) is 15.9 Å². The second-order valence-corrected chi connectivity index (χ2v) is 8.20. The Morgan fingerprint density at radius 2 is 2.06 bits per heavy atom. The topological polar surface area (TPSA) is 100.0 Å². The number of para-hydroxylation sites is 2. The van der Waals surface area contributed by atoms with Gasteiger partial charge in [0.2, 0.25) is 0 Å². The molecule has 1 aromatic carbocycles. The number of aromatic nitrogens is 2. The molecule has 0 radical (unpaired) electrons. The average molecular weight is 423 g/mol. The molecule has 3 N–H and O–H groups in total. The molecule has 0 unspecified atom stereocenters. The van der Waals surface area contributed by atoms with E-state index >= 15 is 0 Å². The van der Waals surface area contributed by atoms with Gasteiger partial charge >= 0.3 is 0 Å². The van der Waals surface area contributed by atoms with Gasteiger partial charge in [0.1, 0.15) is 23.4 Å². The van der Waals surface area contributed by atoms with Gasteiger partial charge in [-0.3, -0.25) is 0 Å². The molecule has 1 atom stereocenters. The van der Waals surface area contributed by atoms with Crippen molar-refractivity contribution < 1.29 is 9.50 Å². The van der Waals surface area contributed by atoms with E-state index in [1.165, 1.54) is 0 Å². The van der Waals surface area contributed by atoms with E-state index in [9.17, 15) is 9.50 Å². The molecule has 1 aromatic heterocycles. The first-order valence-corrected chi connectivity index (χ1v) is 10.5. The second-order valence-electron chi connectivity index (χ2n) is 8.20. The van der Waals surface area contributed by atoms with Crippen LogP contribution in [-0.2, 0) is 0 Å². The molecule has 1 saturated carbocycles. The molecule has 2 heterocycles. The first-order valence-electron chi connectivity index (χ1n) is 10.5. The van der Waals surface area contributed by atoms with Crippen LogP contribution in [0.4, 0.5) is 4.39 Å². The lowest BCUT2D eigenvalue weighted by Gasteiger charge is -2.18. The summed E-state index contributed by atoms with van der Waals surface area (Å²) in [5.74, 6) is 6.31. The summed E-state index contributed by atoms with van der Waals surface area (Å²) in [5, 5.41) is 14.5. The number of hydrogen-bond acceptors (Lipinski definition) is 6. The summed E-state index contributed by atoms with van der Waals surface area (Å²) in [6, 6.07) is 7.59. The van der Waals surface area contributed by atoms with Crippen LogP contribution in [0.2, 0.25) is 0 Å². The molecule has 31 heavy (non-hydrogen) atoms. The number of aliphatic hydroxyl groups is 1. The zero-order valence-electron chi connectivity index (χ0n) is 17.6. The largest absolute Gasteiger partial charge is 0.389 e. The van der Waals surface area contributed by atoms with Gasteiger partial charge in [0.15, 0.2) is 0 Å². The molecule has 1 aliphatic carbocycles. The summed E-state index contributed by atoms with van der Waals surface area (Å²) in [4.78, 5) is 15.9. The Labute approximate surface area is 180 Å². The Kier molecular flexibility index (Phi) is 5.82. The molecule has 1 aliphatic heterocycles. The molecule has 0 amide bonds. The minimum absolute atomic E-state index is 0.287. The van der Waals surface area contributed by atoms with E-state index in [4.69, 9.17) is 10.8 Å². The van der Waals surface area contributed by atoms with Gasteiger partial charge in [-0.1, -0.05) is 18.7 Å². The normalized spacial score (nSPS) is 21.6. The number of benzene rings is 1. The first kappa shape index (κ1) is 21.1. The quantitative estimate of drug-likeness (QED) is 0.323. The summed E-state index contributed by atoms with van der Waals surface area (Å²) in [6.45, 7) is 6.56. The number of alkyl halides is 1. The molecule has 7 nitrogen and oxygen atoms in total. The number of aliphatic imine (C=N–C) groups is 1. The van der Waals surface area contributed by atoms with E-state index in [0.29, 0.717) is 60.9 Å². The van der Waals surface area contributed by atoms with E-state index < -0.39 is 11.8 Å². The Hall–Kier alpha value is -3.13. The smallest absolute Gasteiger partial charge is 0.128 e. The Morgan fingerprint density at radius 3 is 2.65 bits per heavy atom. The molecule has 0 spiro atoms. The molecule has 0 bridgehead atoms. The molecule has 162 valence electrons. The number of fused-ring (bicyclic) bond motifs is 1. The van der Waals surface area contributed by atoms with Gasteiger partial charge < -0.3 is 15.8 Å². The van der Waals surface area contributed by atoms with Crippen molar-refractivity contribution >= 4 is 22.6 Å². The van der Waals surface area contributed by atoms with Gasteiger partial charge in [-0.05, 0) is 50.5 Å². The van der Waals surface area contributed by atoms with E-state index in [-0.39, 0.29) is 6.54 Å². The van der Waals surface area contributed by atoms with Crippen molar-refractivity contribution in [3.63, 3.8) is 0 Å². The highest BCUT2D eigenvalue weighted by Gasteiger charge is 2.41. The third kappa shape index (κ3) is 4.80. The number of rotatable bonds is 6. The summed E-state index contributed by atoms with van der Waals surface area (Å²) in [5.41, 5.74) is 3.01. The van der Waals surface area contributed by atoms with Crippen LogP contribution in [0.3, 0.4) is 0 Å². The van der Waals surface area contributed by atoms with E-state index in [2.05, 4.69) is 21.6 Å². The Morgan fingerprint density at radius 1 is 1.35 bits per heavy atom. The van der Waals surface area contributed by atoms with Gasteiger partial charge in [0, 0.05) is 18.7 Å². The predicted octanol–water partition coefficient (Wildman–Crippen LogP) is 3.03. The zero-order chi connectivity index (χ0) is 22.0. The maximum Gasteiger partial charge on any atom is 0.128 e. The highest BCUT2D eigenvalue weighted by molar-refractivity contribution is 6.09. The van der Waals surface area contributed by atoms with Gasteiger partial charge in [-0.15, -0.1) is 0 Å². The van der Waals surface area contributed by atoms with Crippen molar-refractivity contribution in [2.45, 2.75) is 44.4 Å². The number of halogens is 1. The summed E-state index contributed by atoms with van der Waals surface area (Å²) < 4.78 is 13.7. The minimum atomic E-state index is -0.873. The highest BCUT2D eigenvalue weighted by atomic mass is 19.1. The monoisotopic (exact) mass is 422 g/mol. The van der Waals surface area contributed by atoms with E-state index in [0.717, 1.165) is 11.0 Å². The van der Waals surface area contributed by atoms with E-state index in [1.807, 2.05) is 36.1 Å². The summed E-state index contributed by atoms with van der Waals surface area (Å²) in [7, 11) is 0. The molecular formula is C23H27FN6O. The molecule has 2 aliphatic rings. The number of nitrogens with zero attached hydrogens (tertiary/aromatic N) is 5. The van der Waals surface area contributed by atoms with Crippen LogP contribution in [-0.4, -0.2) is 56.4 Å². The lowest BCUT2D eigenvalue weighted by Crippen LogP contribution is -2.27. The third-order valence-corrected chi connectivity index (χ3v) is 5.66. The average Bonchev–Trinajstić information content (AvgIpc) is 3.32. The number of likely N-dealkylation sites (tertiary alicyclic amines) is 1. The van der Waals surface area contributed by atoms with Gasteiger partial charge in [-0.25, -0.2) is 19.4 Å². The molecule has 4 rings (SSSR count). The lowest BCUT2D eigenvalue weighted by atomic mass is 10.1. The fourth-order valence-corrected chi connectivity index (χ4v) is 3.75. The van der Waals surface area contributed by atoms with Crippen LogP contribution in [0, 0.1) is 6.92 Å². The third-order valence-electron chi connectivity index (χ3n) is 5.66. The highest BCUT2D eigenvalue weighted by Crippen LogP contribution is 2.41. The van der Waals surface area contributed by atoms with Crippen LogP contribution in [0.25, 0.3) is 11.0 Å². The number of aryl methyl sites for hydroxylation is 1. The number of amidine groups is 1. The van der Waals surface area contributed by atoms with Crippen LogP contribution < -0.4 is 5.84 Å². The molecule has 2 fully saturated rings. The fraction of sp³-hybridized carbons (Fsp3) is 0.391. The maximum absolute atomic E-state index is 13.7. The van der Waals surface area contributed by atoms with E-state index in [1.54, 1.807) is 12.2 Å². The van der Waals surface area contributed by atoms with Crippen LogP contribution in [0.1, 0.15) is 37.1 Å². The van der Waals surface area contributed by atoms with Crippen molar-refractivity contribution in [3.8, 4) is 0 Å². The van der Waals surface area contributed by atoms with Crippen LogP contribution >= 0.6 is 0 Å². The van der Waals surface area contributed by atoms with Crippen molar-refractivity contribution in [1.29, 1.82) is 0 Å². The van der Waals surface area contributed by atoms with Crippen molar-refractivity contribution in [2.75, 3.05) is 13.1 Å². The number of nitrogens with two attached hydrogens (primary N) is 1. The molecular weight excluding hydrogens is 395 g/mol. The number of hydrazone groups is 1. The SMILES string of the molecule is C=C\C(=N/C(=C\C(=N/N)c1nc2ccccc2nc1C)CC1(O)CC1)N1CC[C@@H](F)C1. The first-order chi connectivity index (χ1) is 14.9.